The van der Waals surface area contributed by atoms with E-state index in [0.717, 1.165) is 18.2 Å². The van der Waals surface area contributed by atoms with Gasteiger partial charge in [-0.2, -0.15) is 5.26 Å². The molecule has 5 heteroatoms. The number of nitrogens with one attached hydrogen (secondary N) is 1. The van der Waals surface area contributed by atoms with Crippen molar-refractivity contribution in [2.24, 2.45) is 0 Å². The predicted octanol–water partition coefficient (Wildman–Crippen LogP) is 2.44. The molecule has 1 heterocycles. The maximum absolute atomic E-state index is 8.61. The minimum Gasteiger partial charge on any atom is -0.366 e. The Morgan fingerprint density at radius 3 is 2.80 bits per heavy atom. The summed E-state index contributed by atoms with van der Waals surface area (Å²) in [6, 6.07) is 14.2. The number of aromatic nitrogens is 2. The van der Waals surface area contributed by atoms with Crippen LogP contribution in [0.4, 0.5) is 11.6 Å². The van der Waals surface area contributed by atoms with E-state index >= 15 is 0 Å². The van der Waals surface area contributed by atoms with E-state index in [9.17, 15) is 0 Å². The number of nitriles is 1. The minimum absolute atomic E-state index is 0.479. The summed E-state index contributed by atoms with van der Waals surface area (Å²) in [5.41, 5.74) is 1.20. The fourth-order valence-corrected chi connectivity index (χ4v) is 1.77. The predicted molar refractivity (Wildman–Crippen MR) is 79.3 cm³/mol. The Morgan fingerprint density at radius 2 is 2.05 bits per heavy atom. The summed E-state index contributed by atoms with van der Waals surface area (Å²) >= 11 is 0. The van der Waals surface area contributed by atoms with E-state index < -0.39 is 0 Å². The summed E-state index contributed by atoms with van der Waals surface area (Å²) in [6.07, 6.45) is 2.01. The lowest BCUT2D eigenvalue weighted by Gasteiger charge is -2.16. The van der Waals surface area contributed by atoms with Crippen molar-refractivity contribution in [3.8, 4) is 6.07 Å². The van der Waals surface area contributed by atoms with Crippen LogP contribution in [0.25, 0.3) is 0 Å². The zero-order valence-electron chi connectivity index (χ0n) is 11.5. The molecule has 20 heavy (non-hydrogen) atoms. The third kappa shape index (κ3) is 3.95. The van der Waals surface area contributed by atoms with Gasteiger partial charge in [-0.3, -0.25) is 0 Å². The molecule has 1 aromatic carbocycles. The molecule has 0 bridgehead atoms. The van der Waals surface area contributed by atoms with Crippen LogP contribution in [0.2, 0.25) is 0 Å². The van der Waals surface area contributed by atoms with Crippen LogP contribution in [-0.4, -0.2) is 23.6 Å². The molecule has 2 aromatic rings. The summed E-state index contributed by atoms with van der Waals surface area (Å²) in [6.45, 7) is 1.38. The molecule has 0 unspecified atom stereocenters. The van der Waals surface area contributed by atoms with E-state index in [1.807, 2.05) is 36.2 Å². The molecule has 0 radical (unpaired) electrons. The zero-order valence-corrected chi connectivity index (χ0v) is 11.5. The molecule has 0 atom stereocenters. The monoisotopic (exact) mass is 267 g/mol. The lowest BCUT2D eigenvalue weighted by molar-refractivity contribution is 0.879. The molecular formula is C15H17N5. The highest BCUT2D eigenvalue weighted by atomic mass is 15.2. The van der Waals surface area contributed by atoms with Crippen LogP contribution in [-0.2, 0) is 6.54 Å². The third-order valence-electron chi connectivity index (χ3n) is 2.92. The molecule has 0 aliphatic carbocycles. The van der Waals surface area contributed by atoms with Crippen LogP contribution in [0.15, 0.2) is 42.7 Å². The molecule has 102 valence electrons. The SMILES string of the molecule is CN(CCC#N)c1cc(NCc2ccccc2)ncn1. The average Bonchev–Trinajstić information content (AvgIpc) is 2.52. The van der Waals surface area contributed by atoms with Crippen molar-refractivity contribution in [2.45, 2.75) is 13.0 Å². The van der Waals surface area contributed by atoms with Gasteiger partial charge in [0.2, 0.25) is 0 Å². The second-order valence-electron chi connectivity index (χ2n) is 4.43. The molecule has 0 saturated heterocycles. The Balaban J connectivity index is 1.97. The van der Waals surface area contributed by atoms with Gasteiger partial charge in [0.1, 0.15) is 18.0 Å². The van der Waals surface area contributed by atoms with Crippen LogP contribution >= 0.6 is 0 Å². The molecule has 2 rings (SSSR count). The first-order chi connectivity index (χ1) is 9.79. The second-order valence-corrected chi connectivity index (χ2v) is 4.43. The molecule has 0 spiro atoms. The lowest BCUT2D eigenvalue weighted by atomic mass is 10.2. The van der Waals surface area contributed by atoms with Crippen molar-refractivity contribution < 1.29 is 0 Å². The minimum atomic E-state index is 0.479. The number of nitrogens with zero attached hydrogens (tertiary/aromatic N) is 4. The molecule has 5 nitrogen and oxygen atoms in total. The summed E-state index contributed by atoms with van der Waals surface area (Å²) in [5.74, 6) is 1.59. The number of hydrogen-bond acceptors (Lipinski definition) is 5. The number of rotatable bonds is 6. The molecule has 0 aliphatic heterocycles. The van der Waals surface area contributed by atoms with E-state index in [2.05, 4.69) is 33.5 Å². The quantitative estimate of drug-likeness (QED) is 0.870. The van der Waals surface area contributed by atoms with Crippen LogP contribution in [0.5, 0.6) is 0 Å². The van der Waals surface area contributed by atoms with Gasteiger partial charge in [0, 0.05) is 26.2 Å². The molecule has 1 N–H and O–H groups in total. The largest absolute Gasteiger partial charge is 0.366 e. The normalized spacial score (nSPS) is 9.80. The number of hydrogen-bond donors (Lipinski definition) is 1. The van der Waals surface area contributed by atoms with Gasteiger partial charge in [0.05, 0.1) is 12.5 Å². The van der Waals surface area contributed by atoms with Gasteiger partial charge in [-0.15, -0.1) is 0 Å². The molecule has 0 amide bonds. The highest BCUT2D eigenvalue weighted by molar-refractivity contribution is 5.48. The summed E-state index contributed by atoms with van der Waals surface area (Å²) in [7, 11) is 1.92. The van der Waals surface area contributed by atoms with Gasteiger partial charge in [-0.05, 0) is 5.56 Å². The van der Waals surface area contributed by atoms with Crippen molar-refractivity contribution >= 4 is 11.6 Å². The van der Waals surface area contributed by atoms with Crippen LogP contribution in [0, 0.1) is 11.3 Å². The maximum Gasteiger partial charge on any atom is 0.133 e. The van der Waals surface area contributed by atoms with Crippen molar-refractivity contribution in [2.75, 3.05) is 23.8 Å². The first-order valence-electron chi connectivity index (χ1n) is 6.47. The average molecular weight is 267 g/mol. The van der Waals surface area contributed by atoms with E-state index in [0.29, 0.717) is 13.0 Å². The Bertz CT molecular complexity index is 576. The Kier molecular flexibility index (Phi) is 4.90. The first kappa shape index (κ1) is 13.8. The highest BCUT2D eigenvalue weighted by Crippen LogP contribution is 2.13. The third-order valence-corrected chi connectivity index (χ3v) is 2.92. The van der Waals surface area contributed by atoms with E-state index in [1.54, 1.807) is 0 Å². The van der Waals surface area contributed by atoms with Gasteiger partial charge in [0.25, 0.3) is 0 Å². The van der Waals surface area contributed by atoms with E-state index in [1.165, 1.54) is 11.9 Å². The number of benzene rings is 1. The Labute approximate surface area is 118 Å². The van der Waals surface area contributed by atoms with Crippen LogP contribution in [0.1, 0.15) is 12.0 Å². The zero-order chi connectivity index (χ0) is 14.2. The smallest absolute Gasteiger partial charge is 0.133 e. The molecule has 1 aromatic heterocycles. The summed E-state index contributed by atoms with van der Waals surface area (Å²) < 4.78 is 0. The Hall–Kier alpha value is -2.61. The topological polar surface area (TPSA) is 64.8 Å². The second kappa shape index (κ2) is 7.10. The van der Waals surface area contributed by atoms with E-state index in [4.69, 9.17) is 5.26 Å². The van der Waals surface area contributed by atoms with E-state index in [-0.39, 0.29) is 0 Å². The van der Waals surface area contributed by atoms with Crippen LogP contribution in [0.3, 0.4) is 0 Å². The van der Waals surface area contributed by atoms with Gasteiger partial charge in [0.15, 0.2) is 0 Å². The lowest BCUT2D eigenvalue weighted by Crippen LogP contribution is -2.19. The fourth-order valence-electron chi connectivity index (χ4n) is 1.77. The van der Waals surface area contributed by atoms with Crippen molar-refractivity contribution in [3.05, 3.63) is 48.3 Å². The standard InChI is InChI=1S/C15H17N5/c1-20(9-5-8-16)15-10-14(18-12-19-15)17-11-13-6-3-2-4-7-13/h2-4,6-7,10,12H,5,9,11H2,1H3,(H,17,18,19). The van der Waals surface area contributed by atoms with Gasteiger partial charge in [-0.1, -0.05) is 30.3 Å². The molecule has 0 aliphatic rings. The van der Waals surface area contributed by atoms with Crippen molar-refractivity contribution in [1.82, 2.24) is 9.97 Å². The first-order valence-corrected chi connectivity index (χ1v) is 6.47. The van der Waals surface area contributed by atoms with Crippen molar-refractivity contribution in [1.29, 1.82) is 5.26 Å². The van der Waals surface area contributed by atoms with Gasteiger partial charge >= 0.3 is 0 Å². The highest BCUT2D eigenvalue weighted by Gasteiger charge is 2.04. The summed E-state index contributed by atoms with van der Waals surface area (Å²) in [5, 5.41) is 11.9. The number of anilines is 2. The molecular weight excluding hydrogens is 250 g/mol. The van der Waals surface area contributed by atoms with Gasteiger partial charge < -0.3 is 10.2 Å². The maximum atomic E-state index is 8.61. The van der Waals surface area contributed by atoms with Gasteiger partial charge in [-0.25, -0.2) is 9.97 Å². The fraction of sp³-hybridized carbons (Fsp3) is 0.267. The van der Waals surface area contributed by atoms with Crippen molar-refractivity contribution in [3.63, 3.8) is 0 Å². The Morgan fingerprint density at radius 1 is 1.25 bits per heavy atom. The van der Waals surface area contributed by atoms with Crippen LogP contribution < -0.4 is 10.2 Å². The molecule has 0 fully saturated rings. The molecule has 0 saturated carbocycles. The summed E-state index contributed by atoms with van der Waals surface area (Å²) in [4.78, 5) is 10.4.